The van der Waals surface area contributed by atoms with E-state index in [1.165, 1.54) is 6.07 Å². The van der Waals surface area contributed by atoms with Crippen molar-refractivity contribution < 1.29 is 9.59 Å². The molecule has 1 aromatic carbocycles. The molecule has 6 heteroatoms. The molecule has 0 radical (unpaired) electrons. The molecule has 1 saturated heterocycles. The van der Waals surface area contributed by atoms with E-state index in [0.717, 1.165) is 4.90 Å². The number of benzene rings is 1. The third-order valence-corrected chi connectivity index (χ3v) is 3.86. The lowest BCUT2D eigenvalue weighted by Crippen LogP contribution is -2.56. The maximum Gasteiger partial charge on any atom is 0.328 e. The van der Waals surface area contributed by atoms with Crippen LogP contribution in [0, 0.1) is 5.92 Å². The third-order valence-electron chi connectivity index (χ3n) is 3.12. The molecule has 0 spiro atoms. The Hall–Kier alpha value is -1.26. The van der Waals surface area contributed by atoms with Crippen molar-refractivity contribution in [2.75, 3.05) is 4.90 Å². The minimum atomic E-state index is -0.423. The van der Waals surface area contributed by atoms with E-state index in [0.29, 0.717) is 15.7 Å². The topological polar surface area (TPSA) is 49.4 Å². The first-order valence-electron chi connectivity index (χ1n) is 5.98. The predicted octanol–water partition coefficient (Wildman–Crippen LogP) is 3.46. The Morgan fingerprint density at radius 1 is 1.26 bits per heavy atom. The third kappa shape index (κ3) is 2.85. The number of anilines is 1. The minimum Gasteiger partial charge on any atom is -0.334 e. The van der Waals surface area contributed by atoms with Gasteiger partial charge in [0.1, 0.15) is 0 Å². The number of amides is 3. The van der Waals surface area contributed by atoms with Gasteiger partial charge in [0, 0.05) is 12.5 Å². The number of carbonyl (C=O) groups excluding carboxylic acids is 2. The summed E-state index contributed by atoms with van der Waals surface area (Å²) in [4.78, 5) is 25.2. The average Bonchev–Trinajstić information content (AvgIpc) is 2.32. The molecule has 19 heavy (non-hydrogen) atoms. The maximum absolute atomic E-state index is 12.1. The second-order valence-electron chi connectivity index (χ2n) is 4.83. The predicted molar refractivity (Wildman–Crippen MR) is 75.7 cm³/mol. The van der Waals surface area contributed by atoms with Crippen LogP contribution in [-0.4, -0.2) is 18.0 Å². The van der Waals surface area contributed by atoms with E-state index in [1.54, 1.807) is 12.1 Å². The van der Waals surface area contributed by atoms with Crippen LogP contribution >= 0.6 is 23.2 Å². The summed E-state index contributed by atoms with van der Waals surface area (Å²) in [6.45, 7) is 3.93. The van der Waals surface area contributed by atoms with Crippen LogP contribution in [0.3, 0.4) is 0 Å². The van der Waals surface area contributed by atoms with Crippen LogP contribution in [-0.2, 0) is 4.79 Å². The van der Waals surface area contributed by atoms with Gasteiger partial charge in [0.2, 0.25) is 5.91 Å². The lowest BCUT2D eigenvalue weighted by Gasteiger charge is -2.33. The zero-order valence-corrected chi connectivity index (χ0v) is 12.1. The molecule has 0 bridgehead atoms. The van der Waals surface area contributed by atoms with E-state index in [2.05, 4.69) is 5.32 Å². The zero-order chi connectivity index (χ0) is 14.2. The van der Waals surface area contributed by atoms with Gasteiger partial charge in [-0.05, 0) is 24.1 Å². The Kier molecular flexibility index (Phi) is 4.02. The first-order chi connectivity index (χ1) is 8.90. The number of hydrogen-bond acceptors (Lipinski definition) is 2. The lowest BCUT2D eigenvalue weighted by atomic mass is 9.98. The molecule has 1 aliphatic heterocycles. The van der Waals surface area contributed by atoms with E-state index in [4.69, 9.17) is 23.2 Å². The Bertz CT molecular complexity index is 513. The van der Waals surface area contributed by atoms with Crippen LogP contribution in [0.15, 0.2) is 18.2 Å². The van der Waals surface area contributed by atoms with Crippen LogP contribution in [0.25, 0.3) is 0 Å². The quantitative estimate of drug-likeness (QED) is 0.909. The van der Waals surface area contributed by atoms with Crippen molar-refractivity contribution in [1.29, 1.82) is 0 Å². The van der Waals surface area contributed by atoms with Gasteiger partial charge in [0.05, 0.1) is 15.7 Å². The summed E-state index contributed by atoms with van der Waals surface area (Å²) in [6.07, 6.45) is 0.281. The second kappa shape index (κ2) is 5.39. The molecule has 1 N–H and O–H groups in total. The standard InChI is InChI=1S/C13H14Cl2N2O2/c1-7(2)11-6-12(18)17(13(19)16-11)8-3-4-9(14)10(15)5-8/h3-5,7,11H,6H2,1-2H3,(H,16,19). The fourth-order valence-electron chi connectivity index (χ4n) is 1.95. The highest BCUT2D eigenvalue weighted by atomic mass is 35.5. The van der Waals surface area contributed by atoms with Gasteiger partial charge in [-0.25, -0.2) is 9.69 Å². The molecule has 1 aliphatic rings. The highest BCUT2D eigenvalue weighted by Gasteiger charge is 2.34. The van der Waals surface area contributed by atoms with Crippen molar-refractivity contribution in [3.8, 4) is 0 Å². The highest BCUT2D eigenvalue weighted by molar-refractivity contribution is 6.42. The fraction of sp³-hybridized carbons (Fsp3) is 0.385. The summed E-state index contributed by atoms with van der Waals surface area (Å²) in [6, 6.07) is 4.12. The van der Waals surface area contributed by atoms with Gasteiger partial charge in [-0.1, -0.05) is 37.0 Å². The molecule has 0 saturated carbocycles. The SMILES string of the molecule is CC(C)C1CC(=O)N(c2ccc(Cl)c(Cl)c2)C(=O)N1. The van der Waals surface area contributed by atoms with E-state index >= 15 is 0 Å². The van der Waals surface area contributed by atoms with Crippen molar-refractivity contribution in [2.24, 2.45) is 5.92 Å². The normalized spacial score (nSPS) is 19.8. The van der Waals surface area contributed by atoms with Crippen molar-refractivity contribution >= 4 is 40.8 Å². The molecule has 3 amide bonds. The van der Waals surface area contributed by atoms with Gasteiger partial charge < -0.3 is 5.32 Å². The van der Waals surface area contributed by atoms with Gasteiger partial charge in [-0.3, -0.25) is 4.79 Å². The van der Waals surface area contributed by atoms with Crippen molar-refractivity contribution in [1.82, 2.24) is 5.32 Å². The Balaban J connectivity index is 2.28. The molecule has 1 atom stereocenters. The highest BCUT2D eigenvalue weighted by Crippen LogP contribution is 2.29. The number of carbonyl (C=O) groups is 2. The maximum atomic E-state index is 12.1. The van der Waals surface area contributed by atoms with E-state index in [9.17, 15) is 9.59 Å². The van der Waals surface area contributed by atoms with Crippen LogP contribution in [0.5, 0.6) is 0 Å². The molecular weight excluding hydrogens is 287 g/mol. The Morgan fingerprint density at radius 2 is 1.95 bits per heavy atom. The lowest BCUT2D eigenvalue weighted by molar-refractivity contribution is -0.119. The van der Waals surface area contributed by atoms with Crippen molar-refractivity contribution in [3.63, 3.8) is 0 Å². The first-order valence-corrected chi connectivity index (χ1v) is 6.74. The van der Waals surface area contributed by atoms with Crippen molar-refractivity contribution in [3.05, 3.63) is 28.2 Å². The molecule has 0 aliphatic carbocycles. The molecule has 1 aromatic rings. The summed E-state index contributed by atoms with van der Waals surface area (Å²) in [5.74, 6) is -0.0234. The molecule has 0 aromatic heterocycles. The zero-order valence-electron chi connectivity index (χ0n) is 10.6. The molecule has 1 heterocycles. The van der Waals surface area contributed by atoms with Gasteiger partial charge in [0.25, 0.3) is 0 Å². The minimum absolute atomic E-state index is 0.126. The average molecular weight is 301 g/mol. The summed E-state index contributed by atoms with van der Waals surface area (Å²) in [7, 11) is 0. The smallest absolute Gasteiger partial charge is 0.328 e. The molecule has 1 fully saturated rings. The van der Waals surface area contributed by atoms with Gasteiger partial charge in [0.15, 0.2) is 0 Å². The number of nitrogens with zero attached hydrogens (tertiary/aromatic N) is 1. The summed E-state index contributed by atoms with van der Waals surface area (Å²) < 4.78 is 0. The summed E-state index contributed by atoms with van der Waals surface area (Å²) in [5.41, 5.74) is 0.430. The number of halogens is 2. The second-order valence-corrected chi connectivity index (χ2v) is 5.65. The largest absolute Gasteiger partial charge is 0.334 e. The number of nitrogens with one attached hydrogen (secondary N) is 1. The van der Waals surface area contributed by atoms with Crippen LogP contribution in [0.2, 0.25) is 10.0 Å². The van der Waals surface area contributed by atoms with Crippen LogP contribution in [0.4, 0.5) is 10.5 Å². The molecule has 1 unspecified atom stereocenters. The molecule has 102 valence electrons. The Morgan fingerprint density at radius 3 is 2.47 bits per heavy atom. The number of rotatable bonds is 2. The molecular formula is C13H14Cl2N2O2. The number of urea groups is 1. The van der Waals surface area contributed by atoms with Crippen LogP contribution in [0.1, 0.15) is 20.3 Å². The van der Waals surface area contributed by atoms with Gasteiger partial charge in [-0.2, -0.15) is 0 Å². The monoisotopic (exact) mass is 300 g/mol. The molecule has 4 nitrogen and oxygen atoms in total. The van der Waals surface area contributed by atoms with Crippen LogP contribution < -0.4 is 10.2 Å². The van der Waals surface area contributed by atoms with Gasteiger partial charge >= 0.3 is 6.03 Å². The van der Waals surface area contributed by atoms with E-state index < -0.39 is 6.03 Å². The first kappa shape index (κ1) is 14.2. The van der Waals surface area contributed by atoms with Crippen molar-refractivity contribution in [2.45, 2.75) is 26.3 Å². The number of imide groups is 1. The fourth-order valence-corrected chi connectivity index (χ4v) is 2.25. The van der Waals surface area contributed by atoms with E-state index in [1.807, 2.05) is 13.8 Å². The summed E-state index contributed by atoms with van der Waals surface area (Å²) in [5, 5.41) is 3.51. The van der Waals surface area contributed by atoms with E-state index in [-0.39, 0.29) is 24.3 Å². The number of hydrogen-bond donors (Lipinski definition) is 1. The Labute approximate surface area is 121 Å². The summed E-state index contributed by atoms with van der Waals surface area (Å²) >= 11 is 11.7. The molecule has 2 rings (SSSR count). The van der Waals surface area contributed by atoms with Gasteiger partial charge in [-0.15, -0.1) is 0 Å².